The molecule has 10 heteroatoms. The molecule has 0 radical (unpaired) electrons. The number of carbonyl (C=O) groups is 2. The molecule has 1 aliphatic heterocycles. The Bertz CT molecular complexity index is 1620. The fourth-order valence-corrected chi connectivity index (χ4v) is 15.9. The van der Waals surface area contributed by atoms with Crippen molar-refractivity contribution < 1.29 is 44.6 Å². The van der Waals surface area contributed by atoms with E-state index < -0.39 is 74.9 Å². The van der Waals surface area contributed by atoms with E-state index in [2.05, 4.69) is 23.5 Å². The number of nitrogens with one attached hydrogen (secondary N) is 1. The Kier molecular flexibility index (Phi) is 9.10. The van der Waals surface area contributed by atoms with Crippen LogP contribution in [0, 0.1) is 63.6 Å². The number of aliphatic hydroxyl groups excluding tert-OH is 2. The predicted octanol–water partition coefficient (Wildman–Crippen LogP) is 3.78. The van der Waals surface area contributed by atoms with Crippen LogP contribution in [0.15, 0.2) is 35.5 Å². The Morgan fingerprint density at radius 3 is 2.59 bits per heavy atom. The van der Waals surface area contributed by atoms with Crippen LogP contribution >= 0.6 is 0 Å². The van der Waals surface area contributed by atoms with E-state index >= 15 is 0 Å². The van der Waals surface area contributed by atoms with Gasteiger partial charge in [0.05, 0.1) is 29.3 Å². The van der Waals surface area contributed by atoms with Crippen molar-refractivity contribution in [3.05, 3.63) is 35.5 Å². The van der Waals surface area contributed by atoms with E-state index in [1.54, 1.807) is 7.11 Å². The molecule has 54 heavy (non-hydrogen) atoms. The lowest BCUT2D eigenvalue weighted by Crippen LogP contribution is -2.81. The number of aldehydes is 1. The van der Waals surface area contributed by atoms with Crippen molar-refractivity contribution in [1.82, 2.24) is 5.32 Å². The molecule has 8 aliphatic carbocycles. The number of fused-ring (bicyclic) bond motifs is 9. The van der Waals surface area contributed by atoms with Gasteiger partial charge in [-0.1, -0.05) is 50.8 Å². The number of esters is 1. The minimum absolute atomic E-state index is 0.118. The summed E-state index contributed by atoms with van der Waals surface area (Å²) >= 11 is 0. The van der Waals surface area contributed by atoms with Gasteiger partial charge >= 0.3 is 5.97 Å². The monoisotopic (exact) mass is 749 g/mol. The van der Waals surface area contributed by atoms with Crippen molar-refractivity contribution >= 4 is 12.3 Å². The van der Waals surface area contributed by atoms with Crippen LogP contribution in [0.5, 0.6) is 0 Å². The number of ether oxygens (including phenoxy) is 2. The molecule has 6 saturated carbocycles. The molecule has 9 aliphatic rings. The average molecular weight is 750 g/mol. The molecule has 0 saturated heterocycles. The van der Waals surface area contributed by atoms with Crippen molar-refractivity contribution in [1.29, 1.82) is 0 Å². The molecule has 15 atom stereocenters. The molecule has 6 fully saturated rings. The van der Waals surface area contributed by atoms with E-state index in [0.717, 1.165) is 24.7 Å². The Labute approximate surface area is 319 Å². The van der Waals surface area contributed by atoms with E-state index in [1.807, 2.05) is 6.92 Å². The summed E-state index contributed by atoms with van der Waals surface area (Å²) in [6.45, 7) is 3.43. The van der Waals surface area contributed by atoms with Gasteiger partial charge in [0.15, 0.2) is 0 Å². The number of hydrogen-bond acceptors (Lipinski definition) is 10. The second kappa shape index (κ2) is 13.0. The van der Waals surface area contributed by atoms with E-state index in [4.69, 9.17) is 9.47 Å². The quantitative estimate of drug-likeness (QED) is 0.0885. The van der Waals surface area contributed by atoms with Crippen LogP contribution in [0.3, 0.4) is 0 Å². The molecule has 0 aromatic heterocycles. The highest BCUT2D eigenvalue weighted by molar-refractivity contribution is 5.87. The Morgan fingerprint density at radius 2 is 1.85 bits per heavy atom. The van der Waals surface area contributed by atoms with Crippen molar-refractivity contribution in [2.75, 3.05) is 33.4 Å². The van der Waals surface area contributed by atoms with E-state index in [-0.39, 0.29) is 37.7 Å². The summed E-state index contributed by atoms with van der Waals surface area (Å²) in [5.41, 5.74) is -7.05. The fraction of sp³-hybridized carbons (Fsp3) is 0.818. The van der Waals surface area contributed by atoms with Crippen molar-refractivity contribution in [3.8, 4) is 0 Å². The van der Waals surface area contributed by atoms with Crippen LogP contribution < -0.4 is 5.32 Å². The van der Waals surface area contributed by atoms with E-state index in [9.17, 15) is 35.1 Å². The molecule has 1 heterocycles. The fourth-order valence-electron chi connectivity index (χ4n) is 15.9. The maximum Gasteiger partial charge on any atom is 0.331 e. The molecule has 0 aromatic carbocycles. The van der Waals surface area contributed by atoms with E-state index in [1.165, 1.54) is 31.8 Å². The van der Waals surface area contributed by atoms with Gasteiger partial charge in [-0.2, -0.15) is 0 Å². The molecule has 9 rings (SSSR count). The van der Waals surface area contributed by atoms with Gasteiger partial charge in [-0.3, -0.25) is 0 Å². The molecule has 0 bridgehead atoms. The first-order valence-electron chi connectivity index (χ1n) is 21.3. The molecule has 0 aromatic rings. The van der Waals surface area contributed by atoms with Crippen molar-refractivity contribution in [2.45, 2.75) is 126 Å². The average Bonchev–Trinajstić information content (AvgIpc) is 3.85. The number of methoxy groups -OCH3 is 1. The second-order valence-electron chi connectivity index (χ2n) is 19.6. The zero-order valence-corrected chi connectivity index (χ0v) is 32.3. The van der Waals surface area contributed by atoms with Crippen LogP contribution in [0.4, 0.5) is 0 Å². The van der Waals surface area contributed by atoms with Gasteiger partial charge in [-0.05, 0) is 117 Å². The third-order valence-corrected chi connectivity index (χ3v) is 18.2. The SMILES string of the molecule is COCCCNCC1=CC2CC3(O)C4(O)CC5CC6C(C=CCC6C6CCCC6)CC6C(O)CCC(C=O)(C4CCC3(C)C2(CO)C2=CC(=O)OC12)C56O. The normalized spacial score (nSPS) is 51.8. The van der Waals surface area contributed by atoms with Crippen molar-refractivity contribution in [3.63, 3.8) is 0 Å². The van der Waals surface area contributed by atoms with Crippen LogP contribution in [0.2, 0.25) is 0 Å². The third kappa shape index (κ3) is 4.59. The number of aliphatic hydroxyl groups is 5. The largest absolute Gasteiger partial charge is 0.450 e. The van der Waals surface area contributed by atoms with Gasteiger partial charge in [0.1, 0.15) is 18.0 Å². The molecule has 0 spiro atoms. The highest BCUT2D eigenvalue weighted by atomic mass is 16.5. The maximum atomic E-state index is 14.0. The zero-order chi connectivity index (χ0) is 37.9. The van der Waals surface area contributed by atoms with Gasteiger partial charge in [0, 0.05) is 49.0 Å². The molecule has 0 amide bonds. The lowest BCUT2D eigenvalue weighted by molar-refractivity contribution is -0.345. The summed E-state index contributed by atoms with van der Waals surface area (Å²) in [6, 6.07) is 0. The Morgan fingerprint density at radius 1 is 1.06 bits per heavy atom. The lowest BCUT2D eigenvalue weighted by Gasteiger charge is -2.72. The molecule has 298 valence electrons. The molecule has 6 N–H and O–H groups in total. The minimum Gasteiger partial charge on any atom is -0.450 e. The van der Waals surface area contributed by atoms with E-state index in [0.29, 0.717) is 69.2 Å². The summed E-state index contributed by atoms with van der Waals surface area (Å²) in [4.78, 5) is 27.1. The first-order chi connectivity index (χ1) is 25.9. The Balaban J connectivity index is 1.15. The second-order valence-corrected chi connectivity index (χ2v) is 19.6. The van der Waals surface area contributed by atoms with Crippen molar-refractivity contribution in [2.24, 2.45) is 63.6 Å². The first-order valence-corrected chi connectivity index (χ1v) is 21.3. The number of carbonyl (C=O) groups excluding carboxylic acids is 2. The predicted molar refractivity (Wildman–Crippen MR) is 199 cm³/mol. The van der Waals surface area contributed by atoms with Crippen LogP contribution in [0.1, 0.15) is 96.8 Å². The summed E-state index contributed by atoms with van der Waals surface area (Å²) in [5, 5.41) is 67.9. The first kappa shape index (κ1) is 37.6. The molecule has 15 unspecified atom stereocenters. The lowest BCUT2D eigenvalue weighted by atomic mass is 9.35. The van der Waals surface area contributed by atoms with Gasteiger partial charge in [0.25, 0.3) is 0 Å². The number of allylic oxidation sites excluding steroid dienone is 3. The Hall–Kier alpha value is -1.92. The standard InChI is InChI=1S/C44H63NO9/c1-39-13-12-36-40(24-46)14-11-35(48)33-18-27-9-5-10-31(26-7-3-4-8-26)32(27)19-30(44(33,40)52)21-42(36,50)43(39,51)22-29-17-28(23-45-15-6-16-53-2)38-34(20-37(49)54-38)41(29,39)25-47/h5,9,17,20,24,26-27,29-33,35-36,38,45,47-48,50-52H,3-4,6-8,10-16,18-19,21-23,25H2,1-2H3. The highest BCUT2D eigenvalue weighted by Gasteiger charge is 2.84. The van der Waals surface area contributed by atoms with Crippen LogP contribution in [0.25, 0.3) is 0 Å². The molecular weight excluding hydrogens is 686 g/mol. The summed E-state index contributed by atoms with van der Waals surface area (Å²) in [6.07, 6.45) is 17.3. The number of rotatable bonds is 9. The van der Waals surface area contributed by atoms with Gasteiger partial charge in [-0.25, -0.2) is 4.79 Å². The van der Waals surface area contributed by atoms with Crippen LogP contribution in [-0.4, -0.2) is 100 Å². The summed E-state index contributed by atoms with van der Waals surface area (Å²) in [7, 11) is 1.67. The van der Waals surface area contributed by atoms with Gasteiger partial charge < -0.3 is 45.1 Å². The third-order valence-electron chi connectivity index (χ3n) is 18.2. The molecule has 10 nitrogen and oxygen atoms in total. The summed E-state index contributed by atoms with van der Waals surface area (Å²) in [5.74, 6) is -1.17. The van der Waals surface area contributed by atoms with Gasteiger partial charge in [0.2, 0.25) is 0 Å². The van der Waals surface area contributed by atoms with Crippen LogP contribution in [-0.2, 0) is 19.1 Å². The number of hydrogen-bond donors (Lipinski definition) is 6. The topological polar surface area (TPSA) is 166 Å². The molecular formula is C44H63NO9. The summed E-state index contributed by atoms with van der Waals surface area (Å²) < 4.78 is 11.2. The maximum absolute atomic E-state index is 14.0. The zero-order valence-electron chi connectivity index (χ0n) is 32.3. The smallest absolute Gasteiger partial charge is 0.331 e. The highest BCUT2D eigenvalue weighted by Crippen LogP contribution is 2.79. The minimum atomic E-state index is -1.77. The van der Waals surface area contributed by atoms with Gasteiger partial charge in [-0.15, -0.1) is 0 Å².